The molecule has 0 aromatic rings. The van der Waals surface area contributed by atoms with E-state index in [1.807, 2.05) is 0 Å². The minimum absolute atomic E-state index is 0.222. The summed E-state index contributed by atoms with van der Waals surface area (Å²) in [7, 11) is 0. The van der Waals surface area contributed by atoms with Gasteiger partial charge in [-0.2, -0.15) is 0 Å². The Morgan fingerprint density at radius 3 is 2.85 bits per heavy atom. The molecule has 5 heteroatoms. The van der Waals surface area contributed by atoms with Crippen LogP contribution < -0.4 is 10.6 Å². The number of aliphatic hydroxyl groups excluding tert-OH is 1. The van der Waals surface area contributed by atoms with Crippen molar-refractivity contribution >= 4 is 5.71 Å². The molecule has 0 aromatic heterocycles. The van der Waals surface area contributed by atoms with Crippen LogP contribution in [0, 0.1) is 35.5 Å². The lowest BCUT2D eigenvalue weighted by molar-refractivity contribution is 0.201. The number of nitrogens with one attached hydrogen (secondary N) is 2. The maximum absolute atomic E-state index is 11.1. The molecule has 5 aliphatic rings. The molecule has 0 spiro atoms. The predicted molar refractivity (Wildman–Crippen MR) is 167 cm³/mol. The first-order valence-electron chi connectivity index (χ1n) is 16.2. The van der Waals surface area contributed by atoms with E-state index >= 15 is 0 Å². The van der Waals surface area contributed by atoms with E-state index in [-0.39, 0.29) is 5.92 Å². The Labute approximate surface area is 243 Å². The van der Waals surface area contributed by atoms with E-state index < -0.39 is 6.23 Å². The van der Waals surface area contributed by atoms with Gasteiger partial charge in [-0.25, -0.2) is 0 Å². The molecule has 0 amide bonds. The average Bonchev–Trinajstić information content (AvgIpc) is 3.14. The number of aliphatic imine (C=N–C) groups is 1. The van der Waals surface area contributed by atoms with Gasteiger partial charge in [0.15, 0.2) is 0 Å². The van der Waals surface area contributed by atoms with Crippen LogP contribution in [0.4, 0.5) is 0 Å². The minimum Gasteiger partial charge on any atom is -0.373 e. The maximum atomic E-state index is 11.1. The second kappa shape index (κ2) is 14.3. The minimum atomic E-state index is -0.762. The number of allylic oxidation sites excluding steroid dienone is 4. The number of likely N-dealkylation sites (tertiary alicyclic amines) is 1. The summed E-state index contributed by atoms with van der Waals surface area (Å²) in [5, 5.41) is 18.1. The number of nitrogens with zero attached hydrogens (tertiary/aromatic N) is 2. The Morgan fingerprint density at radius 1 is 1.18 bits per heavy atom. The Balaban J connectivity index is 1.15. The van der Waals surface area contributed by atoms with Gasteiger partial charge in [0.05, 0.1) is 12.3 Å². The molecule has 218 valence electrons. The van der Waals surface area contributed by atoms with Crippen molar-refractivity contribution in [2.45, 2.75) is 90.7 Å². The van der Waals surface area contributed by atoms with E-state index in [4.69, 9.17) is 4.99 Å². The van der Waals surface area contributed by atoms with Crippen LogP contribution in [0.15, 0.2) is 51.7 Å². The molecule has 1 saturated heterocycles. The lowest BCUT2D eigenvalue weighted by atomic mass is 9.75. The summed E-state index contributed by atoms with van der Waals surface area (Å²) >= 11 is 0. The molecule has 3 aliphatic heterocycles. The van der Waals surface area contributed by atoms with Gasteiger partial charge in [-0.15, -0.1) is 0 Å². The SMILES string of the molecule is C=C1N=C(C(O)NCC#CC2CCC/C(=C(/C)CC)CC2)C2CC(C3=CC(CN4CCCCC4)CNC3)=CC[C@H]12. The molecule has 5 atom stereocenters. The molecular weight excluding hydrogens is 492 g/mol. The van der Waals surface area contributed by atoms with Gasteiger partial charge in [0.25, 0.3) is 0 Å². The predicted octanol–water partition coefficient (Wildman–Crippen LogP) is 5.76. The highest BCUT2D eigenvalue weighted by molar-refractivity contribution is 5.94. The number of hydrogen-bond donors (Lipinski definition) is 3. The number of rotatable bonds is 7. The fourth-order valence-corrected chi connectivity index (χ4v) is 7.49. The quantitative estimate of drug-likeness (QED) is 0.165. The average molecular weight is 545 g/mol. The first-order valence-corrected chi connectivity index (χ1v) is 16.2. The van der Waals surface area contributed by atoms with Crippen molar-refractivity contribution in [2.24, 2.45) is 28.7 Å². The molecule has 2 aliphatic carbocycles. The third-order valence-electron chi connectivity index (χ3n) is 10.1. The summed E-state index contributed by atoms with van der Waals surface area (Å²) < 4.78 is 0. The summed E-state index contributed by atoms with van der Waals surface area (Å²) in [5.74, 6) is 8.41. The van der Waals surface area contributed by atoms with Gasteiger partial charge in [-0.3, -0.25) is 10.3 Å². The summed E-state index contributed by atoms with van der Waals surface area (Å²) in [6, 6.07) is 0. The standard InChI is InChI=1S/C35H52N4O/c1-4-25(2)29-12-8-10-27(13-14-29)11-9-17-37-35(40)34-33-21-30(15-16-32(33)26(3)38-34)31-20-28(22-36-23-31)24-39-18-6-5-7-19-39/h15,20,27-28,32-33,35-37,40H,3-8,10,12-14,16-19,21-24H2,1-2H3/b29-25+/t27?,28?,32-,33?,35?/m1/s1. The molecule has 0 aromatic carbocycles. The summed E-state index contributed by atoms with van der Waals surface area (Å²) in [6.07, 6.45) is 17.4. The van der Waals surface area contributed by atoms with E-state index in [9.17, 15) is 5.11 Å². The molecule has 40 heavy (non-hydrogen) atoms. The lowest BCUT2D eigenvalue weighted by Gasteiger charge is -2.34. The molecule has 5 nitrogen and oxygen atoms in total. The van der Waals surface area contributed by atoms with Crippen molar-refractivity contribution in [2.75, 3.05) is 39.3 Å². The van der Waals surface area contributed by atoms with Gasteiger partial charge in [0, 0.05) is 49.0 Å². The van der Waals surface area contributed by atoms with Gasteiger partial charge in [0.1, 0.15) is 6.23 Å². The normalized spacial score (nSPS) is 31.7. The smallest absolute Gasteiger partial charge is 0.145 e. The highest BCUT2D eigenvalue weighted by Crippen LogP contribution is 2.43. The van der Waals surface area contributed by atoms with Gasteiger partial charge >= 0.3 is 0 Å². The second-order valence-electron chi connectivity index (χ2n) is 12.8. The van der Waals surface area contributed by atoms with Crippen molar-refractivity contribution in [3.05, 3.63) is 46.7 Å². The third kappa shape index (κ3) is 7.45. The molecule has 4 unspecified atom stereocenters. The zero-order chi connectivity index (χ0) is 27.9. The zero-order valence-corrected chi connectivity index (χ0v) is 25.1. The van der Waals surface area contributed by atoms with Crippen LogP contribution in [0.5, 0.6) is 0 Å². The Morgan fingerprint density at radius 2 is 2.02 bits per heavy atom. The molecule has 0 radical (unpaired) electrons. The zero-order valence-electron chi connectivity index (χ0n) is 25.1. The molecule has 0 bridgehead atoms. The van der Waals surface area contributed by atoms with Crippen molar-refractivity contribution in [3.63, 3.8) is 0 Å². The van der Waals surface area contributed by atoms with Crippen molar-refractivity contribution < 1.29 is 5.11 Å². The van der Waals surface area contributed by atoms with Crippen LogP contribution in [0.1, 0.15) is 84.5 Å². The monoisotopic (exact) mass is 544 g/mol. The first kappa shape index (κ1) is 29.5. The number of piperidine rings is 1. The Kier molecular flexibility index (Phi) is 10.5. The molecule has 2 fully saturated rings. The van der Waals surface area contributed by atoms with E-state index in [1.54, 1.807) is 11.1 Å². The number of fused-ring (bicyclic) bond motifs is 1. The lowest BCUT2D eigenvalue weighted by Crippen LogP contribution is -2.42. The van der Waals surface area contributed by atoms with Crippen molar-refractivity contribution in [1.82, 2.24) is 15.5 Å². The Hall–Kier alpha value is -1.97. The molecular formula is C35H52N4O. The van der Waals surface area contributed by atoms with Crippen LogP contribution in [0.2, 0.25) is 0 Å². The molecule has 3 N–H and O–H groups in total. The molecule has 1 saturated carbocycles. The number of aliphatic hydroxyl groups is 1. The van der Waals surface area contributed by atoms with Gasteiger partial charge in [0.2, 0.25) is 0 Å². The summed E-state index contributed by atoms with van der Waals surface area (Å²) in [4.78, 5) is 7.45. The van der Waals surface area contributed by atoms with Crippen LogP contribution in [0.25, 0.3) is 0 Å². The summed E-state index contributed by atoms with van der Waals surface area (Å²) in [5.41, 5.74) is 7.90. The highest BCUT2D eigenvalue weighted by Gasteiger charge is 2.40. The fraction of sp³-hybridized carbons (Fsp3) is 0.686. The van der Waals surface area contributed by atoms with Crippen LogP contribution >= 0.6 is 0 Å². The largest absolute Gasteiger partial charge is 0.373 e. The van der Waals surface area contributed by atoms with E-state index in [2.05, 4.69) is 60.0 Å². The van der Waals surface area contributed by atoms with E-state index in [1.165, 1.54) is 75.7 Å². The third-order valence-corrected chi connectivity index (χ3v) is 10.1. The van der Waals surface area contributed by atoms with E-state index in [0.717, 1.165) is 50.2 Å². The molecule has 5 rings (SSSR count). The number of hydrogen-bond acceptors (Lipinski definition) is 5. The topological polar surface area (TPSA) is 59.9 Å². The van der Waals surface area contributed by atoms with Gasteiger partial charge < -0.3 is 15.3 Å². The van der Waals surface area contributed by atoms with Crippen LogP contribution in [-0.4, -0.2) is 61.2 Å². The maximum Gasteiger partial charge on any atom is 0.145 e. The van der Waals surface area contributed by atoms with Gasteiger partial charge in [-0.05, 0) is 95.4 Å². The molecule has 3 heterocycles. The van der Waals surface area contributed by atoms with Crippen molar-refractivity contribution in [3.8, 4) is 11.8 Å². The fourth-order valence-electron chi connectivity index (χ4n) is 7.49. The van der Waals surface area contributed by atoms with Gasteiger partial charge in [-0.1, -0.05) is 55.1 Å². The Bertz CT molecular complexity index is 1100. The second-order valence-corrected chi connectivity index (χ2v) is 12.8. The van der Waals surface area contributed by atoms with Crippen molar-refractivity contribution in [1.29, 1.82) is 0 Å². The van der Waals surface area contributed by atoms with E-state index in [0.29, 0.717) is 24.3 Å². The van der Waals surface area contributed by atoms with Crippen LogP contribution in [-0.2, 0) is 0 Å². The van der Waals surface area contributed by atoms with Crippen LogP contribution in [0.3, 0.4) is 0 Å². The summed E-state index contributed by atoms with van der Waals surface area (Å²) in [6.45, 7) is 15.0. The first-order chi connectivity index (χ1) is 19.5. The highest BCUT2D eigenvalue weighted by atomic mass is 16.3.